The molecule has 2 aliphatic rings. The van der Waals surface area contributed by atoms with Gasteiger partial charge in [0.2, 0.25) is 0 Å². The third kappa shape index (κ3) is 26.5. The molecule has 0 aromatic heterocycles. The Hall–Kier alpha value is -3.51. The molecule has 95 heavy (non-hydrogen) atoms. The summed E-state index contributed by atoms with van der Waals surface area (Å²) in [4.78, 5) is 11.6. The maximum absolute atomic E-state index is 5.82. The van der Waals surface area contributed by atoms with E-state index in [0.29, 0.717) is 0 Å². The molecule has 0 bridgehead atoms. The van der Waals surface area contributed by atoms with Crippen molar-refractivity contribution < 1.29 is 91.5 Å². The smallest absolute Gasteiger partial charge is 0.779 e. The second kappa shape index (κ2) is 41.3. The van der Waals surface area contributed by atoms with Gasteiger partial charge in [-0.2, -0.15) is 23.1 Å². The summed E-state index contributed by atoms with van der Waals surface area (Å²) in [5.41, 5.74) is 31.2. The molecule has 8 aromatic carbocycles. The fourth-order valence-corrected chi connectivity index (χ4v) is 15.6. The first-order chi connectivity index (χ1) is 43.8. The molecule has 2 heterocycles. The summed E-state index contributed by atoms with van der Waals surface area (Å²) in [6, 6.07) is 42.4. The van der Waals surface area contributed by atoms with Crippen LogP contribution in [-0.4, -0.2) is 47.6 Å². The van der Waals surface area contributed by atoms with Crippen LogP contribution in [0.15, 0.2) is 131 Å². The van der Waals surface area contributed by atoms with Gasteiger partial charge in [0.1, 0.15) is 0 Å². The van der Waals surface area contributed by atoms with Crippen LogP contribution in [-0.2, 0) is 54.5 Å². The first-order valence-corrected chi connectivity index (χ1v) is 41.3. The number of halogens is 3. The van der Waals surface area contributed by atoms with Crippen molar-refractivity contribution in [2.75, 3.05) is 45.8 Å². The van der Waals surface area contributed by atoms with Crippen LogP contribution in [0.25, 0.3) is 0 Å². The Balaban J connectivity index is 0.000000403. The van der Waals surface area contributed by atoms with Crippen molar-refractivity contribution in [2.45, 2.75) is 182 Å². The molecule has 0 aliphatic carbocycles. The van der Waals surface area contributed by atoms with Crippen molar-refractivity contribution in [3.05, 3.63) is 246 Å². The van der Waals surface area contributed by atoms with Crippen LogP contribution in [0.4, 0.5) is 22.7 Å². The summed E-state index contributed by atoms with van der Waals surface area (Å²) in [5.74, 6) is 1.77. The van der Waals surface area contributed by atoms with E-state index in [0.717, 1.165) is 58.6 Å². The molecule has 14 heteroatoms. The molecule has 2 saturated heterocycles. The summed E-state index contributed by atoms with van der Waals surface area (Å²) >= 11 is 8.35. The first kappa shape index (κ1) is 85.7. The number of benzene rings is 8. The zero-order valence-corrected chi connectivity index (χ0v) is 70.6. The molecule has 2 aliphatic heterocycles. The van der Waals surface area contributed by atoms with E-state index in [9.17, 15) is 0 Å². The van der Waals surface area contributed by atoms with E-state index in [4.69, 9.17) is 63.8 Å². The molecule has 8 aromatic rings. The fourth-order valence-electron chi connectivity index (χ4n) is 12.5. The van der Waals surface area contributed by atoms with E-state index >= 15 is 0 Å². The van der Waals surface area contributed by atoms with Gasteiger partial charge in [-0.1, -0.05) is 136 Å². The van der Waals surface area contributed by atoms with E-state index in [1.54, 1.807) is 0 Å². The van der Waals surface area contributed by atoms with E-state index in [-0.39, 0.29) is 88.1 Å². The molecular weight excluding hydrogens is 1470 g/mol. The molecule has 0 radical (unpaired) electrons. The average molecular weight is 1580 g/mol. The number of rotatable bonds is 10. The molecule has 0 atom stereocenters. The van der Waals surface area contributed by atoms with Crippen LogP contribution in [0, 0.1) is 138 Å². The first-order valence-electron chi connectivity index (χ1n) is 31.8. The Bertz CT molecular complexity index is 3440. The van der Waals surface area contributed by atoms with Crippen LogP contribution >= 0.6 is 29.1 Å². The number of ether oxygens (including phenoxy) is 2. The van der Waals surface area contributed by atoms with Gasteiger partial charge in [0, 0.05) is 50.4 Å². The van der Waals surface area contributed by atoms with Crippen molar-refractivity contribution in [2.24, 2.45) is 0 Å². The van der Waals surface area contributed by atoms with E-state index in [2.05, 4.69) is 230 Å². The Morgan fingerprint density at radius 3 is 0.863 bits per heavy atom. The van der Waals surface area contributed by atoms with Gasteiger partial charge in [-0.05, 0) is 169 Å². The summed E-state index contributed by atoms with van der Waals surface area (Å²) in [7, 11) is 17.4. The van der Waals surface area contributed by atoms with Gasteiger partial charge in [-0.15, -0.1) is 0 Å². The van der Waals surface area contributed by atoms with Gasteiger partial charge in [-0.3, -0.25) is 0 Å². The molecular formula is C81H106Cl3KN4O2Ru2S2-3. The number of para-hydroxylation sites is 2. The SMILES string of the molecule is C.CC(C)Oc1ccccc1[CH]=[Ru]([Cl])[Cl].CC(C)Oc1ccccc1[CH]=[Ru][Cl].Cc1cc(C)c(N2[CH-]N(c3c(C)cc(C)cc3C)CC2)c(C)c1.Cc1cc(C)c(N2[CH-]N(c3c(C)cc(C)cc3C)CC2)c(C)c1.Cc1cc(C)c([S-])c(C)c1.Cc1cc(C)c([S-])c(C)c1.[HH].[K+]. The Morgan fingerprint density at radius 2 is 0.632 bits per heavy atom. The van der Waals surface area contributed by atoms with Crippen LogP contribution in [0.1, 0.15) is 148 Å². The Morgan fingerprint density at radius 1 is 0.411 bits per heavy atom. The number of hydrogen-bond acceptors (Lipinski definition) is 8. The predicted octanol–water partition coefficient (Wildman–Crippen LogP) is 19.3. The van der Waals surface area contributed by atoms with Crippen molar-refractivity contribution in [3.63, 3.8) is 0 Å². The largest absolute Gasteiger partial charge is 1.00 e. The van der Waals surface area contributed by atoms with Gasteiger partial charge < -0.3 is 44.9 Å². The molecule has 10 rings (SSSR count). The minimum absolute atomic E-state index is 0. The average Bonchev–Trinajstić information content (AvgIpc) is 1.64. The topological polar surface area (TPSA) is 31.4 Å². The number of aryl methyl sites for hydroxylation is 18. The van der Waals surface area contributed by atoms with Crippen LogP contribution in [0.5, 0.6) is 11.5 Å². The summed E-state index contributed by atoms with van der Waals surface area (Å²) in [6.45, 7) is 55.6. The fraction of sp³-hybridized carbons (Fsp3) is 0.358. The minimum atomic E-state index is -1.77. The molecule has 0 spiro atoms. The second-order valence-corrected chi connectivity index (χ2v) is 33.7. The van der Waals surface area contributed by atoms with Gasteiger partial charge >= 0.3 is 239 Å². The summed E-state index contributed by atoms with van der Waals surface area (Å²) < 4.78 is 15.2. The molecule has 515 valence electrons. The maximum Gasteiger partial charge on any atom is 1.00 e. The van der Waals surface area contributed by atoms with Crippen LogP contribution in [0.2, 0.25) is 0 Å². The third-order valence-electron chi connectivity index (χ3n) is 15.5. The van der Waals surface area contributed by atoms with Crippen molar-refractivity contribution in [1.29, 1.82) is 0 Å². The molecule has 6 nitrogen and oxygen atoms in total. The second-order valence-electron chi connectivity index (χ2n) is 25.3. The van der Waals surface area contributed by atoms with Crippen molar-refractivity contribution in [3.8, 4) is 11.5 Å². The number of hydrogen-bond donors (Lipinski definition) is 0. The van der Waals surface area contributed by atoms with Crippen molar-refractivity contribution >= 4 is 86.3 Å². The van der Waals surface area contributed by atoms with Gasteiger partial charge in [0.25, 0.3) is 0 Å². The Kier molecular flexibility index (Phi) is 37.3. The van der Waals surface area contributed by atoms with Crippen LogP contribution < -0.4 is 80.5 Å². The zero-order chi connectivity index (χ0) is 69.1. The summed E-state index contributed by atoms with van der Waals surface area (Å²) in [6.07, 6.45) is 0.372. The van der Waals surface area contributed by atoms with Crippen LogP contribution in [0.3, 0.4) is 0 Å². The maximum atomic E-state index is 5.82. The minimum Gasteiger partial charge on any atom is -0.779 e. The van der Waals surface area contributed by atoms with E-state index < -0.39 is 13.5 Å². The molecule has 0 N–H and O–H groups in total. The monoisotopic (exact) mass is 1580 g/mol. The Labute approximate surface area is 655 Å². The van der Waals surface area contributed by atoms with E-state index in [1.807, 2.05) is 85.4 Å². The van der Waals surface area contributed by atoms with Gasteiger partial charge in [-0.25, -0.2) is 0 Å². The molecule has 0 unspecified atom stereocenters. The number of anilines is 4. The van der Waals surface area contributed by atoms with Gasteiger partial charge in [0.15, 0.2) is 0 Å². The molecule has 0 amide bonds. The molecule has 2 fully saturated rings. The zero-order valence-electron chi connectivity index (χ0n) is 60.1. The van der Waals surface area contributed by atoms with Crippen molar-refractivity contribution in [1.82, 2.24) is 0 Å². The third-order valence-corrected chi connectivity index (χ3v) is 19.8. The normalized spacial score (nSPS) is 12.5. The van der Waals surface area contributed by atoms with Gasteiger partial charge in [0.05, 0.1) is 0 Å². The summed E-state index contributed by atoms with van der Waals surface area (Å²) in [5, 5.41) is 0. The number of nitrogens with zero attached hydrogens (tertiary/aromatic N) is 4. The predicted molar refractivity (Wildman–Crippen MR) is 414 cm³/mol. The quantitative estimate of drug-likeness (QED) is 0.0761. The standard InChI is InChI=1S/2C21H27N2.2C10H12O.2C9H12S.CH4.3ClH.K.2Ru.H2/c2*1-14-9-16(3)20(17(4)10-14)22-7-8-23(13-22)21-18(5)11-15(2)12-19(21)6;2*1-8(2)11-10-7-5-4-6-9(10)3;2*1-6-4-7(2)9(10)8(3)5-6;;;;;;;;/h2*9-13H,7-8H2,1-6H3;2*3-8H,1-2H3;2*4-5,10H,1-3H3;1H4;3*1H;;;;1H/q2*-1;;;;;;;;;2*+1;+2;/p-5. The molecule has 0 saturated carbocycles. The van der Waals surface area contributed by atoms with E-state index in [1.165, 1.54) is 123 Å².